The molecule has 14 heavy (non-hydrogen) atoms. The van der Waals surface area contributed by atoms with E-state index < -0.39 is 11.2 Å². The monoisotopic (exact) mass is 231 g/mol. The Labute approximate surface area is 89.6 Å². The van der Waals surface area contributed by atoms with Gasteiger partial charge in [-0.3, -0.25) is 0 Å². The number of amidine groups is 1. The van der Waals surface area contributed by atoms with E-state index in [0.29, 0.717) is 24.8 Å². The standard InChI is InChI=1S/C7H9N3O2S2/c11-14-8-6(5-13)7(9-14)10-1-3-12-4-2-10/h5H,1-4H2. The Morgan fingerprint density at radius 3 is 2.79 bits per heavy atom. The van der Waals surface area contributed by atoms with Gasteiger partial charge in [-0.25, -0.2) is 4.21 Å². The first-order valence-electron chi connectivity index (χ1n) is 4.19. The van der Waals surface area contributed by atoms with E-state index in [2.05, 4.69) is 8.80 Å². The first kappa shape index (κ1) is 9.88. The fourth-order valence-electron chi connectivity index (χ4n) is 1.34. The molecule has 0 aromatic carbocycles. The van der Waals surface area contributed by atoms with Crippen LogP contribution in [-0.2, 0) is 15.9 Å². The number of hydrogen-bond acceptors (Lipinski definition) is 4. The minimum atomic E-state index is -1.49. The Morgan fingerprint density at radius 1 is 1.43 bits per heavy atom. The summed E-state index contributed by atoms with van der Waals surface area (Å²) in [6.45, 7) is 2.82. The summed E-state index contributed by atoms with van der Waals surface area (Å²) in [5.74, 6) is 0.640. The predicted octanol–water partition coefficient (Wildman–Crippen LogP) is -0.250. The molecule has 0 N–H and O–H groups in total. The first-order chi connectivity index (χ1) is 6.81. The summed E-state index contributed by atoms with van der Waals surface area (Å²) in [4.78, 5) is 2.00. The van der Waals surface area contributed by atoms with Crippen molar-refractivity contribution >= 4 is 40.3 Å². The Morgan fingerprint density at radius 2 is 2.14 bits per heavy atom. The van der Waals surface area contributed by atoms with Gasteiger partial charge in [-0.1, -0.05) is 12.2 Å². The van der Waals surface area contributed by atoms with E-state index in [4.69, 9.17) is 17.0 Å². The molecule has 5 nitrogen and oxygen atoms in total. The molecule has 1 unspecified atom stereocenters. The molecule has 7 heteroatoms. The molecule has 0 radical (unpaired) electrons. The highest BCUT2D eigenvalue weighted by Gasteiger charge is 2.24. The molecule has 2 aliphatic rings. The van der Waals surface area contributed by atoms with Crippen molar-refractivity contribution in [3.8, 4) is 0 Å². The number of morpholine rings is 1. The van der Waals surface area contributed by atoms with Crippen LogP contribution in [0.2, 0.25) is 0 Å². The molecule has 0 amide bonds. The molecule has 0 aromatic heterocycles. The highest BCUT2D eigenvalue weighted by Crippen LogP contribution is 2.08. The highest BCUT2D eigenvalue weighted by atomic mass is 32.2. The van der Waals surface area contributed by atoms with Crippen LogP contribution in [0.15, 0.2) is 8.80 Å². The van der Waals surface area contributed by atoms with Crippen molar-refractivity contribution in [3.05, 3.63) is 0 Å². The summed E-state index contributed by atoms with van der Waals surface area (Å²) in [6, 6.07) is 0. The molecule has 0 aliphatic carbocycles. The average molecular weight is 231 g/mol. The number of rotatable bonds is 1. The third-order valence-corrected chi connectivity index (χ3v) is 2.90. The molecule has 0 aromatic rings. The molecule has 0 saturated carbocycles. The van der Waals surface area contributed by atoms with E-state index in [1.807, 2.05) is 4.90 Å². The zero-order valence-electron chi connectivity index (χ0n) is 7.38. The normalized spacial score (nSPS) is 27.1. The topological polar surface area (TPSA) is 54.3 Å². The zero-order valence-corrected chi connectivity index (χ0v) is 9.01. The lowest BCUT2D eigenvalue weighted by molar-refractivity contribution is 0.0690. The van der Waals surface area contributed by atoms with Gasteiger partial charge in [0.15, 0.2) is 5.84 Å². The third-order valence-electron chi connectivity index (χ3n) is 1.99. The lowest BCUT2D eigenvalue weighted by Crippen LogP contribution is -2.43. The Bertz CT molecular complexity index is 334. The molecule has 0 spiro atoms. The molecule has 1 saturated heterocycles. The Balaban J connectivity index is 2.17. The van der Waals surface area contributed by atoms with Gasteiger partial charge in [0.2, 0.25) is 0 Å². The van der Waals surface area contributed by atoms with Crippen LogP contribution in [0.4, 0.5) is 0 Å². The van der Waals surface area contributed by atoms with Gasteiger partial charge in [0.05, 0.1) is 13.2 Å². The molecule has 76 valence electrons. The van der Waals surface area contributed by atoms with Crippen molar-refractivity contribution in [2.24, 2.45) is 8.80 Å². The third kappa shape index (κ3) is 1.89. The van der Waals surface area contributed by atoms with Crippen molar-refractivity contribution in [2.75, 3.05) is 26.3 Å². The molecule has 1 atom stereocenters. The maximum Gasteiger partial charge on any atom is 0.268 e. The minimum Gasteiger partial charge on any atom is -0.378 e. The van der Waals surface area contributed by atoms with Gasteiger partial charge >= 0.3 is 0 Å². The van der Waals surface area contributed by atoms with Gasteiger partial charge in [-0.15, -0.1) is 4.40 Å². The molecular formula is C7H9N3O2S2. The molecule has 1 fully saturated rings. The zero-order chi connectivity index (χ0) is 9.97. The summed E-state index contributed by atoms with van der Waals surface area (Å²) in [7, 11) is 0. The lowest BCUT2D eigenvalue weighted by Gasteiger charge is -2.27. The van der Waals surface area contributed by atoms with Crippen molar-refractivity contribution in [1.82, 2.24) is 4.90 Å². The predicted molar refractivity (Wildman–Crippen MR) is 59.1 cm³/mol. The minimum absolute atomic E-state index is 0.542. The van der Waals surface area contributed by atoms with Crippen molar-refractivity contribution in [2.45, 2.75) is 0 Å². The van der Waals surface area contributed by atoms with Gasteiger partial charge in [-0.2, -0.15) is 4.40 Å². The van der Waals surface area contributed by atoms with Crippen molar-refractivity contribution in [3.63, 3.8) is 0 Å². The molecule has 2 rings (SSSR count). The lowest BCUT2D eigenvalue weighted by atomic mass is 10.3. The maximum atomic E-state index is 11.1. The van der Waals surface area contributed by atoms with Crippen LogP contribution in [-0.4, -0.2) is 52.3 Å². The number of hydrogen-bond donors (Lipinski definition) is 0. The fraction of sp³-hybridized carbons (Fsp3) is 0.571. The first-order valence-corrected chi connectivity index (χ1v) is 5.72. The van der Waals surface area contributed by atoms with Crippen LogP contribution in [0.5, 0.6) is 0 Å². The summed E-state index contributed by atoms with van der Waals surface area (Å²) < 4.78 is 24.0. The van der Waals surface area contributed by atoms with E-state index in [0.717, 1.165) is 13.1 Å². The Kier molecular flexibility index (Phi) is 2.99. The van der Waals surface area contributed by atoms with Gasteiger partial charge < -0.3 is 9.64 Å². The Hall–Kier alpha value is -0.660. The number of ether oxygens (including phenoxy) is 1. The number of nitrogens with zero attached hydrogens (tertiary/aromatic N) is 3. The van der Waals surface area contributed by atoms with Crippen LogP contribution in [0.3, 0.4) is 0 Å². The highest BCUT2D eigenvalue weighted by molar-refractivity contribution is 7.84. The molecule has 0 bridgehead atoms. The van der Waals surface area contributed by atoms with Crippen molar-refractivity contribution in [1.29, 1.82) is 0 Å². The SMILES string of the molecule is O=S1N=C(C=S)C(N2CCOCC2)=N1. The van der Waals surface area contributed by atoms with Gasteiger partial charge in [0.1, 0.15) is 5.71 Å². The van der Waals surface area contributed by atoms with Gasteiger partial charge in [-0.05, 0) is 0 Å². The van der Waals surface area contributed by atoms with Gasteiger partial charge in [0.25, 0.3) is 11.2 Å². The van der Waals surface area contributed by atoms with Crippen LogP contribution >= 0.6 is 12.2 Å². The second-order valence-electron chi connectivity index (χ2n) is 2.84. The van der Waals surface area contributed by atoms with E-state index in [-0.39, 0.29) is 0 Å². The smallest absolute Gasteiger partial charge is 0.268 e. The van der Waals surface area contributed by atoms with Gasteiger partial charge in [0, 0.05) is 18.5 Å². The van der Waals surface area contributed by atoms with Crippen LogP contribution in [0.25, 0.3) is 0 Å². The van der Waals surface area contributed by atoms with Crippen molar-refractivity contribution < 1.29 is 8.95 Å². The van der Waals surface area contributed by atoms with Crippen LogP contribution in [0, 0.1) is 0 Å². The fourth-order valence-corrected chi connectivity index (χ4v) is 2.26. The van der Waals surface area contributed by atoms with E-state index in [1.165, 1.54) is 5.37 Å². The average Bonchev–Trinajstić information content (AvgIpc) is 2.61. The van der Waals surface area contributed by atoms with Crippen LogP contribution in [0.1, 0.15) is 0 Å². The summed E-state index contributed by atoms with van der Waals surface area (Å²) in [6.07, 6.45) is 0. The second kappa shape index (κ2) is 4.24. The second-order valence-corrected chi connectivity index (χ2v) is 3.90. The molecular weight excluding hydrogens is 222 g/mol. The quantitative estimate of drug-likeness (QED) is 0.584. The summed E-state index contributed by atoms with van der Waals surface area (Å²) in [5, 5.41) is 1.42. The number of thiocarbonyl (C=S) groups is 1. The largest absolute Gasteiger partial charge is 0.378 e. The summed E-state index contributed by atoms with van der Waals surface area (Å²) in [5.41, 5.74) is 0.542. The summed E-state index contributed by atoms with van der Waals surface area (Å²) >= 11 is 3.29. The molecule has 2 heterocycles. The van der Waals surface area contributed by atoms with E-state index in [1.54, 1.807) is 0 Å². The van der Waals surface area contributed by atoms with E-state index in [9.17, 15) is 4.21 Å². The van der Waals surface area contributed by atoms with E-state index >= 15 is 0 Å². The maximum absolute atomic E-state index is 11.1. The van der Waals surface area contributed by atoms with Crippen LogP contribution < -0.4 is 0 Å². The molecule has 2 aliphatic heterocycles.